The second-order valence-corrected chi connectivity index (χ2v) is 6.09. The first-order valence-corrected chi connectivity index (χ1v) is 8.07. The fourth-order valence-electron chi connectivity index (χ4n) is 1.57. The van der Waals surface area contributed by atoms with Crippen molar-refractivity contribution in [2.75, 3.05) is 13.2 Å². The second-order valence-electron chi connectivity index (χ2n) is 3.75. The summed E-state index contributed by atoms with van der Waals surface area (Å²) in [6.45, 7) is 7.72. The largest absolute Gasteiger partial charge is 0.397 e. The van der Waals surface area contributed by atoms with Crippen LogP contribution < -0.4 is 0 Å². The van der Waals surface area contributed by atoms with Crippen molar-refractivity contribution >= 4 is 20.1 Å². The van der Waals surface area contributed by atoms with E-state index in [4.69, 9.17) is 8.85 Å². The SMILES string of the molecule is CCO[SiH](CC)OCC.c1cc2ccc1cc2. The van der Waals surface area contributed by atoms with Crippen LogP contribution in [0, 0.1) is 0 Å². The van der Waals surface area contributed by atoms with Gasteiger partial charge >= 0.3 is 9.28 Å². The Hall–Kier alpha value is -0.903. The lowest BCUT2D eigenvalue weighted by atomic mass is 10.1. The molecule has 0 aromatic heterocycles. The number of rotatable bonds is 5. The maximum absolute atomic E-state index is 5.35. The van der Waals surface area contributed by atoms with Gasteiger partial charge in [0.25, 0.3) is 0 Å². The van der Waals surface area contributed by atoms with Gasteiger partial charge in [0.15, 0.2) is 0 Å². The zero-order valence-electron chi connectivity index (χ0n) is 11.0. The van der Waals surface area contributed by atoms with Gasteiger partial charge in [-0.05, 0) is 30.7 Å². The summed E-state index contributed by atoms with van der Waals surface area (Å²) in [7, 11) is -1.21. The van der Waals surface area contributed by atoms with E-state index in [1.807, 2.05) is 13.8 Å². The van der Waals surface area contributed by atoms with Crippen LogP contribution in [0.25, 0.3) is 10.8 Å². The van der Waals surface area contributed by atoms with Crippen LogP contribution in [0.2, 0.25) is 6.04 Å². The van der Waals surface area contributed by atoms with Crippen molar-refractivity contribution in [3.8, 4) is 0 Å². The third-order valence-corrected chi connectivity index (χ3v) is 4.52. The molecule has 3 aromatic carbocycles. The maximum Gasteiger partial charge on any atom is 0.321 e. The molecule has 0 unspecified atom stereocenters. The topological polar surface area (TPSA) is 18.5 Å². The lowest BCUT2D eigenvalue weighted by Gasteiger charge is -2.11. The highest BCUT2D eigenvalue weighted by atomic mass is 28.3. The minimum Gasteiger partial charge on any atom is -0.397 e. The maximum atomic E-state index is 5.35. The van der Waals surface area contributed by atoms with Crippen LogP contribution in [-0.2, 0) is 8.85 Å². The average molecular weight is 250 g/mol. The fraction of sp³-hybridized carbons (Fsp3) is 0.429. The van der Waals surface area contributed by atoms with E-state index in [1.165, 1.54) is 10.8 Å². The van der Waals surface area contributed by atoms with E-state index in [9.17, 15) is 0 Å². The van der Waals surface area contributed by atoms with Gasteiger partial charge in [-0.2, -0.15) is 0 Å². The standard InChI is InChI=1S/C8H6.C6H16O2Si/c1-2-8-5-3-7(1)4-6-8;1-4-7-9(6-3)8-5-2/h1-6H;9H,4-6H2,1-3H3. The summed E-state index contributed by atoms with van der Waals surface area (Å²) in [6.07, 6.45) is 0. The van der Waals surface area contributed by atoms with Gasteiger partial charge in [-0.25, -0.2) is 0 Å². The lowest BCUT2D eigenvalue weighted by molar-refractivity contribution is 0.214. The molecule has 3 heteroatoms. The van der Waals surface area contributed by atoms with E-state index < -0.39 is 9.28 Å². The van der Waals surface area contributed by atoms with Crippen molar-refractivity contribution in [1.29, 1.82) is 0 Å². The highest BCUT2D eigenvalue weighted by Crippen LogP contribution is 2.09. The van der Waals surface area contributed by atoms with Crippen LogP contribution in [0.4, 0.5) is 0 Å². The zero-order valence-corrected chi connectivity index (χ0v) is 12.1. The molecule has 0 aliphatic heterocycles. The Labute approximate surface area is 106 Å². The van der Waals surface area contributed by atoms with E-state index >= 15 is 0 Å². The predicted octanol–water partition coefficient (Wildman–Crippen LogP) is 3.58. The Kier molecular flexibility index (Phi) is 6.85. The van der Waals surface area contributed by atoms with Gasteiger partial charge in [0, 0.05) is 13.2 Å². The minimum atomic E-state index is -1.21. The van der Waals surface area contributed by atoms with Crippen LogP contribution in [0.1, 0.15) is 20.8 Å². The van der Waals surface area contributed by atoms with Gasteiger partial charge in [-0.3, -0.25) is 0 Å². The molecule has 0 N–H and O–H groups in total. The van der Waals surface area contributed by atoms with Gasteiger partial charge in [-0.1, -0.05) is 43.3 Å². The average Bonchev–Trinajstić information content (AvgIpc) is 2.41. The molecule has 3 rings (SSSR count). The molecule has 0 atom stereocenters. The highest BCUT2D eigenvalue weighted by Gasteiger charge is 2.06. The van der Waals surface area contributed by atoms with E-state index in [2.05, 4.69) is 43.3 Å². The second kappa shape index (κ2) is 8.23. The molecule has 0 saturated carbocycles. The molecular weight excluding hydrogens is 228 g/mol. The van der Waals surface area contributed by atoms with E-state index in [0.29, 0.717) is 0 Å². The summed E-state index contributed by atoms with van der Waals surface area (Å²) in [4.78, 5) is 0. The molecule has 0 amide bonds. The molecule has 0 radical (unpaired) electrons. The number of benzene rings is 3. The Bertz CT molecular complexity index is 308. The summed E-state index contributed by atoms with van der Waals surface area (Å²) in [5, 5.41) is 2.61. The first-order valence-electron chi connectivity index (χ1n) is 6.31. The molecule has 0 heterocycles. The molecule has 2 bridgehead atoms. The van der Waals surface area contributed by atoms with Crippen molar-refractivity contribution in [2.45, 2.75) is 26.8 Å². The van der Waals surface area contributed by atoms with E-state index in [-0.39, 0.29) is 0 Å². The van der Waals surface area contributed by atoms with Crippen LogP contribution >= 0.6 is 0 Å². The molecule has 0 aliphatic carbocycles. The Balaban J connectivity index is 0.000000170. The molecule has 17 heavy (non-hydrogen) atoms. The number of hydrogen-bond donors (Lipinski definition) is 0. The Morgan fingerprint density at radius 3 is 1.29 bits per heavy atom. The number of fused-ring (bicyclic) bond motifs is 3. The molecule has 0 saturated heterocycles. The molecule has 94 valence electrons. The molecule has 3 aromatic rings. The first-order chi connectivity index (χ1) is 8.30. The molecule has 0 fully saturated rings. The summed E-state index contributed by atoms with van der Waals surface area (Å²) in [5.41, 5.74) is 0. The van der Waals surface area contributed by atoms with Crippen LogP contribution in [0.5, 0.6) is 0 Å². The van der Waals surface area contributed by atoms with Crippen LogP contribution in [0.15, 0.2) is 36.4 Å². The highest BCUT2D eigenvalue weighted by molar-refractivity contribution is 6.44. The number of hydrogen-bond acceptors (Lipinski definition) is 2. The van der Waals surface area contributed by atoms with Gasteiger partial charge < -0.3 is 8.85 Å². The quantitative estimate of drug-likeness (QED) is 0.755. The van der Waals surface area contributed by atoms with Crippen LogP contribution in [0.3, 0.4) is 0 Å². The monoisotopic (exact) mass is 250 g/mol. The van der Waals surface area contributed by atoms with Gasteiger partial charge in [0.2, 0.25) is 0 Å². The Morgan fingerprint density at radius 1 is 0.765 bits per heavy atom. The van der Waals surface area contributed by atoms with Crippen molar-refractivity contribution in [3.05, 3.63) is 36.4 Å². The van der Waals surface area contributed by atoms with Gasteiger partial charge in [0.05, 0.1) is 0 Å². The predicted molar refractivity (Wildman–Crippen MR) is 76.0 cm³/mol. The van der Waals surface area contributed by atoms with Crippen LogP contribution in [-0.4, -0.2) is 22.5 Å². The summed E-state index contributed by atoms with van der Waals surface area (Å²) in [6, 6.07) is 13.8. The molecular formula is C14H22O2Si. The minimum absolute atomic E-state index is 0.796. The van der Waals surface area contributed by atoms with Gasteiger partial charge in [0.1, 0.15) is 0 Å². The first kappa shape index (κ1) is 14.2. The molecule has 0 aliphatic rings. The van der Waals surface area contributed by atoms with E-state index in [1.54, 1.807) is 0 Å². The normalized spacial score (nSPS) is 10.6. The lowest BCUT2D eigenvalue weighted by Crippen LogP contribution is -2.21. The summed E-state index contributed by atoms with van der Waals surface area (Å²) in [5.74, 6) is 0. The fourth-order valence-corrected chi connectivity index (χ4v) is 2.88. The molecule has 2 nitrogen and oxygen atoms in total. The van der Waals surface area contributed by atoms with Crippen molar-refractivity contribution < 1.29 is 8.85 Å². The third kappa shape index (κ3) is 5.30. The third-order valence-electron chi connectivity index (χ3n) is 2.44. The van der Waals surface area contributed by atoms with Gasteiger partial charge in [-0.15, -0.1) is 0 Å². The Morgan fingerprint density at radius 2 is 1.12 bits per heavy atom. The smallest absolute Gasteiger partial charge is 0.321 e. The van der Waals surface area contributed by atoms with Crippen molar-refractivity contribution in [2.24, 2.45) is 0 Å². The van der Waals surface area contributed by atoms with Crippen molar-refractivity contribution in [3.63, 3.8) is 0 Å². The summed E-state index contributed by atoms with van der Waals surface area (Å²) < 4.78 is 10.7. The van der Waals surface area contributed by atoms with Crippen molar-refractivity contribution in [1.82, 2.24) is 0 Å². The summed E-state index contributed by atoms with van der Waals surface area (Å²) >= 11 is 0. The zero-order chi connectivity index (χ0) is 12.5. The van der Waals surface area contributed by atoms with E-state index in [0.717, 1.165) is 19.3 Å². The molecule has 0 spiro atoms.